The Labute approximate surface area is 92.2 Å². The minimum Gasteiger partial charge on any atom is -0.261 e. The minimum atomic E-state index is 1.03. The van der Waals surface area contributed by atoms with Crippen molar-refractivity contribution in [1.82, 2.24) is 4.09 Å². The first-order chi connectivity index (χ1) is 6.71. The topological polar surface area (TPSA) is 4.93 Å². The van der Waals surface area contributed by atoms with Gasteiger partial charge in [0.05, 0.1) is 0 Å². The molecule has 0 N–H and O–H groups in total. The molecule has 0 aliphatic rings. The standard InChI is InChI=1S/C12H20ClN/c1-5-9-10(6-2)12(8-4)14(13)11(9)7-3/h5-8H2,1-4H3. The van der Waals surface area contributed by atoms with E-state index in [1.165, 1.54) is 22.5 Å². The largest absolute Gasteiger partial charge is 0.261 e. The highest BCUT2D eigenvalue weighted by Crippen LogP contribution is 2.26. The predicted octanol–water partition coefficient (Wildman–Crippen LogP) is 3.74. The Morgan fingerprint density at radius 2 is 1.14 bits per heavy atom. The second kappa shape index (κ2) is 4.88. The molecule has 1 aromatic rings. The molecule has 0 aliphatic carbocycles. The lowest BCUT2D eigenvalue weighted by molar-refractivity contribution is 0.921. The van der Waals surface area contributed by atoms with Gasteiger partial charge in [0, 0.05) is 23.2 Å². The molecular formula is C12H20ClN. The fourth-order valence-corrected chi connectivity index (χ4v) is 2.73. The summed E-state index contributed by atoms with van der Waals surface area (Å²) in [7, 11) is 0. The van der Waals surface area contributed by atoms with Gasteiger partial charge in [-0.25, -0.2) is 0 Å². The van der Waals surface area contributed by atoms with Gasteiger partial charge in [-0.15, -0.1) is 0 Å². The molecule has 1 aromatic heterocycles. The lowest BCUT2D eigenvalue weighted by Crippen LogP contribution is -1.95. The first kappa shape index (κ1) is 11.6. The van der Waals surface area contributed by atoms with Crippen LogP contribution in [0, 0.1) is 0 Å². The molecule has 0 fully saturated rings. The lowest BCUT2D eigenvalue weighted by Gasteiger charge is -2.01. The summed E-state index contributed by atoms with van der Waals surface area (Å²) in [5, 5.41) is 0. The van der Waals surface area contributed by atoms with E-state index in [9.17, 15) is 0 Å². The Kier molecular flexibility index (Phi) is 4.06. The number of nitrogens with zero attached hydrogens (tertiary/aromatic N) is 1. The fourth-order valence-electron chi connectivity index (χ4n) is 2.29. The first-order valence-electron chi connectivity index (χ1n) is 5.61. The second-order valence-electron chi connectivity index (χ2n) is 3.55. The van der Waals surface area contributed by atoms with Gasteiger partial charge < -0.3 is 0 Å². The van der Waals surface area contributed by atoms with Crippen molar-refractivity contribution in [3.63, 3.8) is 0 Å². The average Bonchev–Trinajstić information content (AvgIpc) is 2.48. The SMILES string of the molecule is CCc1c(CC)c(CC)n(Cl)c1CC. The predicted molar refractivity (Wildman–Crippen MR) is 63.2 cm³/mol. The van der Waals surface area contributed by atoms with Crippen molar-refractivity contribution in [2.75, 3.05) is 0 Å². The smallest absolute Gasteiger partial charge is 0.0384 e. The van der Waals surface area contributed by atoms with Gasteiger partial charge in [0.2, 0.25) is 0 Å². The van der Waals surface area contributed by atoms with Crippen molar-refractivity contribution in [3.05, 3.63) is 22.5 Å². The van der Waals surface area contributed by atoms with Gasteiger partial charge in [-0.3, -0.25) is 4.09 Å². The Morgan fingerprint density at radius 1 is 0.786 bits per heavy atom. The molecule has 0 atom stereocenters. The minimum absolute atomic E-state index is 1.03. The van der Waals surface area contributed by atoms with Gasteiger partial charge >= 0.3 is 0 Å². The second-order valence-corrected chi connectivity index (χ2v) is 3.88. The molecule has 1 rings (SSSR count). The highest BCUT2D eigenvalue weighted by molar-refractivity contribution is 6.16. The van der Waals surface area contributed by atoms with E-state index in [4.69, 9.17) is 11.8 Å². The number of hydrogen-bond acceptors (Lipinski definition) is 0. The molecule has 14 heavy (non-hydrogen) atoms. The summed E-state index contributed by atoms with van der Waals surface area (Å²) in [6, 6.07) is 0. The molecule has 0 radical (unpaired) electrons. The lowest BCUT2D eigenvalue weighted by atomic mass is 10.0. The van der Waals surface area contributed by atoms with Crippen LogP contribution in [0.5, 0.6) is 0 Å². The van der Waals surface area contributed by atoms with E-state index < -0.39 is 0 Å². The van der Waals surface area contributed by atoms with Gasteiger partial charge in [-0.1, -0.05) is 27.7 Å². The van der Waals surface area contributed by atoms with Gasteiger partial charge in [0.15, 0.2) is 0 Å². The molecule has 1 nitrogen and oxygen atoms in total. The van der Waals surface area contributed by atoms with E-state index in [1.54, 1.807) is 0 Å². The van der Waals surface area contributed by atoms with Crippen molar-refractivity contribution in [2.24, 2.45) is 0 Å². The third-order valence-corrected chi connectivity index (χ3v) is 3.32. The molecule has 0 aromatic carbocycles. The van der Waals surface area contributed by atoms with E-state index in [2.05, 4.69) is 27.7 Å². The number of aromatic nitrogens is 1. The molecule has 0 spiro atoms. The third-order valence-electron chi connectivity index (χ3n) is 2.91. The zero-order chi connectivity index (χ0) is 10.7. The third kappa shape index (κ3) is 1.70. The summed E-state index contributed by atoms with van der Waals surface area (Å²) < 4.78 is 1.89. The van der Waals surface area contributed by atoms with Gasteiger partial charge in [-0.2, -0.15) is 0 Å². The monoisotopic (exact) mass is 213 g/mol. The molecular weight excluding hydrogens is 194 g/mol. The molecule has 0 saturated heterocycles. The molecule has 2 heteroatoms. The molecule has 0 amide bonds. The highest BCUT2D eigenvalue weighted by Gasteiger charge is 2.16. The quantitative estimate of drug-likeness (QED) is 0.718. The van der Waals surface area contributed by atoms with Crippen molar-refractivity contribution >= 4 is 11.8 Å². The van der Waals surface area contributed by atoms with Gasteiger partial charge in [0.25, 0.3) is 0 Å². The van der Waals surface area contributed by atoms with E-state index in [-0.39, 0.29) is 0 Å². The number of hydrogen-bond donors (Lipinski definition) is 0. The Hall–Kier alpha value is -0.430. The molecule has 0 aliphatic heterocycles. The van der Waals surface area contributed by atoms with E-state index in [1.807, 2.05) is 4.09 Å². The van der Waals surface area contributed by atoms with Crippen LogP contribution in [0.25, 0.3) is 0 Å². The Morgan fingerprint density at radius 3 is 1.36 bits per heavy atom. The van der Waals surface area contributed by atoms with Crippen molar-refractivity contribution in [1.29, 1.82) is 0 Å². The van der Waals surface area contributed by atoms with Crippen molar-refractivity contribution in [3.8, 4) is 0 Å². The summed E-state index contributed by atoms with van der Waals surface area (Å²) in [5.41, 5.74) is 5.56. The maximum absolute atomic E-state index is 6.31. The van der Waals surface area contributed by atoms with Gasteiger partial charge in [0.1, 0.15) is 0 Å². The summed E-state index contributed by atoms with van der Waals surface area (Å²) in [6.07, 6.45) is 4.25. The van der Waals surface area contributed by atoms with Crippen LogP contribution in [0.2, 0.25) is 0 Å². The molecule has 0 unspecified atom stereocenters. The molecule has 0 bridgehead atoms. The van der Waals surface area contributed by atoms with Crippen molar-refractivity contribution in [2.45, 2.75) is 53.4 Å². The van der Waals surface area contributed by atoms with Crippen LogP contribution in [-0.2, 0) is 25.7 Å². The van der Waals surface area contributed by atoms with Crippen LogP contribution < -0.4 is 0 Å². The maximum atomic E-state index is 6.31. The van der Waals surface area contributed by atoms with Crippen LogP contribution in [0.3, 0.4) is 0 Å². The van der Waals surface area contributed by atoms with E-state index in [0.717, 1.165) is 25.7 Å². The summed E-state index contributed by atoms with van der Waals surface area (Å²) in [6.45, 7) is 8.77. The van der Waals surface area contributed by atoms with E-state index >= 15 is 0 Å². The van der Waals surface area contributed by atoms with Crippen LogP contribution in [0.4, 0.5) is 0 Å². The zero-order valence-electron chi connectivity index (χ0n) is 9.65. The van der Waals surface area contributed by atoms with Crippen LogP contribution in [0.15, 0.2) is 0 Å². The number of halogens is 1. The highest BCUT2D eigenvalue weighted by atomic mass is 35.5. The maximum Gasteiger partial charge on any atom is 0.0384 e. The first-order valence-corrected chi connectivity index (χ1v) is 5.95. The summed E-state index contributed by atoms with van der Waals surface area (Å²) in [4.78, 5) is 0. The normalized spacial score (nSPS) is 10.9. The molecule has 80 valence electrons. The van der Waals surface area contributed by atoms with Crippen LogP contribution >= 0.6 is 11.8 Å². The Bertz CT molecular complexity index is 283. The zero-order valence-corrected chi connectivity index (χ0v) is 10.4. The Balaban J connectivity index is 3.37. The molecule has 1 heterocycles. The van der Waals surface area contributed by atoms with Crippen LogP contribution in [-0.4, -0.2) is 4.09 Å². The average molecular weight is 214 g/mol. The molecule has 0 saturated carbocycles. The van der Waals surface area contributed by atoms with E-state index in [0.29, 0.717) is 0 Å². The van der Waals surface area contributed by atoms with Crippen molar-refractivity contribution < 1.29 is 0 Å². The summed E-state index contributed by atoms with van der Waals surface area (Å²) in [5.74, 6) is 0. The number of rotatable bonds is 4. The fraction of sp³-hybridized carbons (Fsp3) is 0.667. The van der Waals surface area contributed by atoms with Gasteiger partial charge in [-0.05, 0) is 36.8 Å². The van der Waals surface area contributed by atoms with Crippen LogP contribution in [0.1, 0.15) is 50.2 Å². The summed E-state index contributed by atoms with van der Waals surface area (Å²) >= 11 is 6.31.